The van der Waals surface area contributed by atoms with Gasteiger partial charge in [-0.3, -0.25) is 4.79 Å². The SMILES string of the molecule is CCOC(=O)c1c(-c2ccccc2Cl)csc1NC(=O)c1cccc(OC)c1. The molecule has 1 aromatic heterocycles. The average Bonchev–Trinajstić information content (AvgIpc) is 3.12. The summed E-state index contributed by atoms with van der Waals surface area (Å²) in [6.45, 7) is 1.95. The van der Waals surface area contributed by atoms with Gasteiger partial charge in [-0.05, 0) is 31.2 Å². The number of halogens is 1. The van der Waals surface area contributed by atoms with E-state index in [1.807, 2.05) is 18.2 Å². The zero-order valence-electron chi connectivity index (χ0n) is 15.3. The van der Waals surface area contributed by atoms with Gasteiger partial charge in [0.05, 0.1) is 13.7 Å². The first-order valence-corrected chi connectivity index (χ1v) is 9.79. The molecule has 0 radical (unpaired) electrons. The molecular weight excluding hydrogens is 398 g/mol. The molecule has 3 aromatic rings. The van der Waals surface area contributed by atoms with Crippen molar-refractivity contribution in [3.8, 4) is 16.9 Å². The number of thiophene rings is 1. The van der Waals surface area contributed by atoms with Crippen molar-refractivity contribution in [2.75, 3.05) is 19.0 Å². The molecule has 0 aliphatic rings. The molecule has 5 nitrogen and oxygen atoms in total. The first kappa shape index (κ1) is 19.9. The molecule has 144 valence electrons. The number of carbonyl (C=O) groups excluding carboxylic acids is 2. The fourth-order valence-corrected chi connectivity index (χ4v) is 3.85. The van der Waals surface area contributed by atoms with Crippen molar-refractivity contribution in [2.45, 2.75) is 6.92 Å². The van der Waals surface area contributed by atoms with Crippen molar-refractivity contribution in [3.05, 3.63) is 70.1 Å². The third-order valence-electron chi connectivity index (χ3n) is 3.99. The number of nitrogens with one attached hydrogen (secondary N) is 1. The fraction of sp³-hybridized carbons (Fsp3) is 0.143. The molecule has 0 fully saturated rings. The highest BCUT2D eigenvalue weighted by Crippen LogP contribution is 2.39. The Balaban J connectivity index is 2.00. The standard InChI is InChI=1S/C21H18ClNO4S/c1-3-27-21(25)18-16(15-9-4-5-10-17(15)22)12-28-20(18)23-19(24)13-7-6-8-14(11-13)26-2/h4-12H,3H2,1-2H3,(H,23,24). The van der Waals surface area contributed by atoms with Crippen LogP contribution in [0.3, 0.4) is 0 Å². The van der Waals surface area contributed by atoms with E-state index in [4.69, 9.17) is 21.1 Å². The van der Waals surface area contributed by atoms with Gasteiger partial charge in [0.2, 0.25) is 0 Å². The van der Waals surface area contributed by atoms with E-state index in [1.54, 1.807) is 42.6 Å². The van der Waals surface area contributed by atoms with Crippen LogP contribution < -0.4 is 10.1 Å². The summed E-state index contributed by atoms with van der Waals surface area (Å²) in [5.41, 5.74) is 2.03. The Labute approximate surface area is 171 Å². The molecule has 2 aromatic carbocycles. The number of anilines is 1. The Morgan fingerprint density at radius 1 is 1.11 bits per heavy atom. The molecule has 0 spiro atoms. The molecule has 28 heavy (non-hydrogen) atoms. The first-order valence-electron chi connectivity index (χ1n) is 8.54. The van der Waals surface area contributed by atoms with Crippen LogP contribution in [0.1, 0.15) is 27.6 Å². The summed E-state index contributed by atoms with van der Waals surface area (Å²) in [7, 11) is 1.53. The van der Waals surface area contributed by atoms with Crippen LogP contribution in [0.2, 0.25) is 5.02 Å². The Bertz CT molecular complexity index is 1020. The Kier molecular flexibility index (Phi) is 6.34. The van der Waals surface area contributed by atoms with Crippen molar-refractivity contribution >= 4 is 39.8 Å². The average molecular weight is 416 g/mol. The van der Waals surface area contributed by atoms with E-state index >= 15 is 0 Å². The summed E-state index contributed by atoms with van der Waals surface area (Å²) in [5, 5.41) is 5.51. The van der Waals surface area contributed by atoms with Gasteiger partial charge in [-0.25, -0.2) is 4.79 Å². The molecular formula is C21H18ClNO4S. The van der Waals surface area contributed by atoms with Gasteiger partial charge in [-0.15, -0.1) is 11.3 Å². The van der Waals surface area contributed by atoms with E-state index in [2.05, 4.69) is 5.32 Å². The lowest BCUT2D eigenvalue weighted by Crippen LogP contribution is -2.15. The van der Waals surface area contributed by atoms with E-state index in [-0.39, 0.29) is 18.1 Å². The third kappa shape index (κ3) is 4.18. The summed E-state index contributed by atoms with van der Waals surface area (Å²) in [6, 6.07) is 14.0. The topological polar surface area (TPSA) is 64.6 Å². The van der Waals surface area contributed by atoms with Gasteiger partial charge in [-0.2, -0.15) is 0 Å². The molecule has 1 heterocycles. The number of hydrogen-bond donors (Lipinski definition) is 1. The minimum Gasteiger partial charge on any atom is -0.497 e. The zero-order valence-corrected chi connectivity index (χ0v) is 16.9. The van der Waals surface area contributed by atoms with Gasteiger partial charge in [-0.1, -0.05) is 35.9 Å². The normalized spacial score (nSPS) is 10.4. The molecule has 0 bridgehead atoms. The number of carbonyl (C=O) groups is 2. The number of methoxy groups -OCH3 is 1. The molecule has 0 unspecified atom stereocenters. The van der Waals surface area contributed by atoms with Gasteiger partial charge >= 0.3 is 5.97 Å². The van der Waals surface area contributed by atoms with E-state index in [0.29, 0.717) is 32.5 Å². The fourth-order valence-electron chi connectivity index (χ4n) is 2.67. The van der Waals surface area contributed by atoms with Crippen molar-refractivity contribution in [1.82, 2.24) is 0 Å². The molecule has 0 saturated heterocycles. The summed E-state index contributed by atoms with van der Waals surface area (Å²) in [6.07, 6.45) is 0. The quantitative estimate of drug-likeness (QED) is 0.539. The molecule has 3 rings (SSSR count). The van der Waals surface area contributed by atoms with Crippen LogP contribution in [0.5, 0.6) is 5.75 Å². The second-order valence-electron chi connectivity index (χ2n) is 5.74. The number of benzene rings is 2. The van der Waals surface area contributed by atoms with Gasteiger partial charge in [0, 0.05) is 27.1 Å². The number of hydrogen-bond acceptors (Lipinski definition) is 5. The maximum atomic E-state index is 12.7. The summed E-state index contributed by atoms with van der Waals surface area (Å²) in [4.78, 5) is 25.3. The van der Waals surface area contributed by atoms with Crippen molar-refractivity contribution in [1.29, 1.82) is 0 Å². The van der Waals surface area contributed by atoms with Gasteiger partial charge < -0.3 is 14.8 Å². The predicted octanol–water partition coefficient (Wildman–Crippen LogP) is 5.51. The van der Waals surface area contributed by atoms with Gasteiger partial charge in [0.15, 0.2) is 0 Å². The van der Waals surface area contributed by atoms with Crippen molar-refractivity contribution < 1.29 is 19.1 Å². The number of esters is 1. The number of amides is 1. The Hall–Kier alpha value is -2.83. The van der Waals surface area contributed by atoms with E-state index in [9.17, 15) is 9.59 Å². The molecule has 0 aliphatic carbocycles. The third-order valence-corrected chi connectivity index (χ3v) is 5.22. The van der Waals surface area contributed by atoms with Gasteiger partial charge in [0.25, 0.3) is 5.91 Å². The van der Waals surface area contributed by atoms with Crippen LogP contribution in [0, 0.1) is 0 Å². The predicted molar refractivity (Wildman–Crippen MR) is 112 cm³/mol. The number of ether oxygens (including phenoxy) is 2. The van der Waals surface area contributed by atoms with Crippen molar-refractivity contribution in [3.63, 3.8) is 0 Å². The van der Waals surface area contributed by atoms with Crippen LogP contribution in [-0.4, -0.2) is 25.6 Å². The monoisotopic (exact) mass is 415 g/mol. The van der Waals surface area contributed by atoms with E-state index in [0.717, 1.165) is 0 Å². The van der Waals surface area contributed by atoms with E-state index < -0.39 is 5.97 Å². The van der Waals surface area contributed by atoms with Crippen LogP contribution >= 0.6 is 22.9 Å². The first-order chi connectivity index (χ1) is 13.5. The lowest BCUT2D eigenvalue weighted by Gasteiger charge is -2.10. The molecule has 7 heteroatoms. The minimum absolute atomic E-state index is 0.222. The molecule has 1 N–H and O–H groups in total. The summed E-state index contributed by atoms with van der Waals surface area (Å²) >= 11 is 7.55. The van der Waals surface area contributed by atoms with Crippen molar-refractivity contribution in [2.24, 2.45) is 0 Å². The lowest BCUT2D eigenvalue weighted by molar-refractivity contribution is 0.0529. The highest BCUT2D eigenvalue weighted by atomic mass is 35.5. The molecule has 0 aliphatic heterocycles. The minimum atomic E-state index is -0.514. The Morgan fingerprint density at radius 3 is 2.61 bits per heavy atom. The lowest BCUT2D eigenvalue weighted by atomic mass is 10.0. The summed E-state index contributed by atoms with van der Waals surface area (Å²) in [5.74, 6) is -0.294. The second-order valence-corrected chi connectivity index (χ2v) is 7.03. The molecule has 0 atom stereocenters. The van der Waals surface area contributed by atoms with Crippen LogP contribution in [0.4, 0.5) is 5.00 Å². The molecule has 1 amide bonds. The number of rotatable bonds is 6. The zero-order chi connectivity index (χ0) is 20.1. The second kappa shape index (κ2) is 8.91. The summed E-state index contributed by atoms with van der Waals surface area (Å²) < 4.78 is 10.4. The highest BCUT2D eigenvalue weighted by Gasteiger charge is 2.24. The van der Waals surface area contributed by atoms with Gasteiger partial charge in [0.1, 0.15) is 16.3 Å². The Morgan fingerprint density at radius 2 is 1.89 bits per heavy atom. The van der Waals surface area contributed by atoms with Crippen LogP contribution in [0.15, 0.2) is 53.9 Å². The smallest absolute Gasteiger partial charge is 0.341 e. The largest absolute Gasteiger partial charge is 0.497 e. The highest BCUT2D eigenvalue weighted by molar-refractivity contribution is 7.15. The maximum absolute atomic E-state index is 12.7. The van der Waals surface area contributed by atoms with E-state index in [1.165, 1.54) is 18.4 Å². The molecule has 0 saturated carbocycles. The van der Waals surface area contributed by atoms with Crippen LogP contribution in [0.25, 0.3) is 11.1 Å². The maximum Gasteiger partial charge on any atom is 0.341 e. The van der Waals surface area contributed by atoms with Crippen LogP contribution in [-0.2, 0) is 4.74 Å².